The Morgan fingerprint density at radius 1 is 0.897 bits per heavy atom. The van der Waals surface area contributed by atoms with Gasteiger partial charge >= 0.3 is 0 Å². The van der Waals surface area contributed by atoms with Crippen molar-refractivity contribution in [1.29, 1.82) is 0 Å². The van der Waals surface area contributed by atoms with Gasteiger partial charge in [0.05, 0.1) is 10.6 Å². The van der Waals surface area contributed by atoms with Crippen molar-refractivity contribution < 1.29 is 13.2 Å². The van der Waals surface area contributed by atoms with Gasteiger partial charge in [0.25, 0.3) is 15.9 Å². The molecule has 1 amide bonds. The molecule has 0 unspecified atom stereocenters. The van der Waals surface area contributed by atoms with Crippen molar-refractivity contribution in [2.45, 2.75) is 25.7 Å². The van der Waals surface area contributed by atoms with E-state index >= 15 is 0 Å². The number of anilines is 2. The first-order chi connectivity index (χ1) is 13.7. The molecule has 3 aromatic rings. The Morgan fingerprint density at radius 3 is 2.21 bits per heavy atom. The minimum absolute atomic E-state index is 0.0661. The summed E-state index contributed by atoms with van der Waals surface area (Å²) in [5, 5.41) is 2.79. The third-order valence-electron chi connectivity index (χ3n) is 4.34. The van der Waals surface area contributed by atoms with Gasteiger partial charge in [-0.1, -0.05) is 24.3 Å². The molecule has 2 N–H and O–H groups in total. The van der Waals surface area contributed by atoms with Crippen LogP contribution in [-0.4, -0.2) is 14.3 Å². The molecule has 5 nitrogen and oxygen atoms in total. The van der Waals surface area contributed by atoms with Gasteiger partial charge in [-0.3, -0.25) is 9.52 Å². The van der Waals surface area contributed by atoms with E-state index in [-0.39, 0.29) is 16.4 Å². The predicted molar refractivity (Wildman–Crippen MR) is 120 cm³/mol. The van der Waals surface area contributed by atoms with Crippen LogP contribution in [0.4, 0.5) is 11.4 Å². The summed E-state index contributed by atoms with van der Waals surface area (Å²) < 4.78 is 29.3. The number of nitrogens with one attached hydrogen (secondary N) is 2. The summed E-state index contributed by atoms with van der Waals surface area (Å²) in [4.78, 5) is 12.7. The lowest BCUT2D eigenvalue weighted by Crippen LogP contribution is -2.17. The molecule has 0 aliphatic rings. The SMILES string of the molecule is Cc1cc(C)cc(NS(=O)(=O)c2cc(C(=O)Nc3ccccc3Br)ccc2C)c1. The molecule has 0 saturated carbocycles. The van der Waals surface area contributed by atoms with E-state index in [1.54, 1.807) is 43.3 Å². The lowest BCUT2D eigenvalue weighted by atomic mass is 10.1. The number of aryl methyl sites for hydroxylation is 3. The number of sulfonamides is 1. The molecule has 7 heteroatoms. The van der Waals surface area contributed by atoms with Crippen molar-refractivity contribution in [3.8, 4) is 0 Å². The largest absolute Gasteiger partial charge is 0.321 e. The van der Waals surface area contributed by atoms with E-state index in [0.29, 0.717) is 16.9 Å². The normalized spacial score (nSPS) is 11.2. The van der Waals surface area contributed by atoms with Crippen LogP contribution in [0.1, 0.15) is 27.0 Å². The van der Waals surface area contributed by atoms with E-state index in [1.165, 1.54) is 6.07 Å². The number of carbonyl (C=O) groups is 1. The first-order valence-corrected chi connectivity index (χ1v) is 11.2. The van der Waals surface area contributed by atoms with Crippen molar-refractivity contribution >= 4 is 43.2 Å². The highest BCUT2D eigenvalue weighted by atomic mass is 79.9. The Hall–Kier alpha value is -2.64. The fourth-order valence-electron chi connectivity index (χ4n) is 3.03. The minimum Gasteiger partial charge on any atom is -0.321 e. The van der Waals surface area contributed by atoms with Crippen molar-refractivity contribution in [3.05, 3.63) is 87.4 Å². The highest BCUT2D eigenvalue weighted by Crippen LogP contribution is 2.25. The van der Waals surface area contributed by atoms with E-state index in [0.717, 1.165) is 15.6 Å². The zero-order valence-corrected chi connectivity index (χ0v) is 18.7. The second kappa shape index (κ2) is 8.39. The van der Waals surface area contributed by atoms with Gasteiger partial charge in [-0.05, 0) is 89.8 Å². The molecule has 0 fully saturated rings. The molecule has 3 aromatic carbocycles. The van der Waals surface area contributed by atoms with Crippen molar-refractivity contribution in [3.63, 3.8) is 0 Å². The molecular weight excluding hydrogens is 452 g/mol. The Balaban J connectivity index is 1.91. The Kier molecular flexibility index (Phi) is 6.10. The highest BCUT2D eigenvalue weighted by molar-refractivity contribution is 9.10. The van der Waals surface area contributed by atoms with Crippen LogP contribution in [0.5, 0.6) is 0 Å². The van der Waals surface area contributed by atoms with Gasteiger partial charge < -0.3 is 5.32 Å². The number of benzene rings is 3. The highest BCUT2D eigenvalue weighted by Gasteiger charge is 2.20. The number of rotatable bonds is 5. The predicted octanol–water partition coefficient (Wildman–Crippen LogP) is 5.43. The molecule has 3 rings (SSSR count). The van der Waals surface area contributed by atoms with Crippen LogP contribution in [0, 0.1) is 20.8 Å². The lowest BCUT2D eigenvalue weighted by molar-refractivity contribution is 0.102. The molecule has 0 bridgehead atoms. The van der Waals surface area contributed by atoms with Gasteiger partial charge in [-0.2, -0.15) is 0 Å². The number of amides is 1. The van der Waals surface area contributed by atoms with E-state index in [1.807, 2.05) is 32.0 Å². The summed E-state index contributed by atoms with van der Waals surface area (Å²) in [6.07, 6.45) is 0. The van der Waals surface area contributed by atoms with Crippen LogP contribution >= 0.6 is 15.9 Å². The molecule has 0 heterocycles. The van der Waals surface area contributed by atoms with E-state index in [4.69, 9.17) is 0 Å². The van der Waals surface area contributed by atoms with Crippen LogP contribution in [0.15, 0.2) is 70.0 Å². The summed E-state index contributed by atoms with van der Waals surface area (Å²) >= 11 is 3.38. The first kappa shape index (κ1) is 21.1. The number of halogens is 1. The molecule has 29 heavy (non-hydrogen) atoms. The third-order valence-corrected chi connectivity index (χ3v) is 6.55. The number of hydrogen-bond acceptors (Lipinski definition) is 3. The topological polar surface area (TPSA) is 75.3 Å². The standard InChI is InChI=1S/C22H21BrN2O3S/c1-14-10-15(2)12-18(11-14)25-29(27,28)21-13-17(9-8-16(21)3)22(26)24-20-7-5-4-6-19(20)23/h4-13,25H,1-3H3,(H,24,26). The molecule has 0 atom stereocenters. The molecule has 150 valence electrons. The van der Waals surface area contributed by atoms with Crippen molar-refractivity contribution in [2.75, 3.05) is 10.0 Å². The second-order valence-corrected chi connectivity index (χ2v) is 9.40. The van der Waals surface area contributed by atoms with Crippen LogP contribution in [0.2, 0.25) is 0 Å². The maximum atomic E-state index is 13.0. The fraction of sp³-hybridized carbons (Fsp3) is 0.136. The zero-order valence-electron chi connectivity index (χ0n) is 16.3. The molecule has 0 radical (unpaired) electrons. The summed E-state index contributed by atoms with van der Waals surface area (Å²) in [6.45, 7) is 5.51. The summed E-state index contributed by atoms with van der Waals surface area (Å²) in [7, 11) is -3.85. The van der Waals surface area contributed by atoms with Gasteiger partial charge in [0, 0.05) is 15.7 Å². The molecule has 0 aromatic heterocycles. The second-order valence-electron chi connectivity index (χ2n) is 6.90. The van der Waals surface area contributed by atoms with E-state index in [2.05, 4.69) is 26.0 Å². The van der Waals surface area contributed by atoms with Crippen LogP contribution in [-0.2, 0) is 10.0 Å². The quantitative estimate of drug-likeness (QED) is 0.519. The molecule has 0 spiro atoms. The monoisotopic (exact) mass is 472 g/mol. The molecule has 0 aliphatic heterocycles. The number of para-hydroxylation sites is 1. The van der Waals surface area contributed by atoms with Crippen LogP contribution < -0.4 is 10.0 Å². The zero-order chi connectivity index (χ0) is 21.2. The first-order valence-electron chi connectivity index (χ1n) is 8.93. The minimum atomic E-state index is -3.85. The lowest BCUT2D eigenvalue weighted by Gasteiger charge is -2.13. The van der Waals surface area contributed by atoms with Crippen LogP contribution in [0.25, 0.3) is 0 Å². The maximum absolute atomic E-state index is 13.0. The summed E-state index contributed by atoms with van der Waals surface area (Å²) in [5.41, 5.74) is 3.83. The number of carbonyl (C=O) groups excluding carboxylic acids is 1. The Morgan fingerprint density at radius 2 is 1.55 bits per heavy atom. The van der Waals surface area contributed by atoms with Crippen molar-refractivity contribution in [1.82, 2.24) is 0 Å². The average molecular weight is 473 g/mol. The molecular formula is C22H21BrN2O3S. The smallest absolute Gasteiger partial charge is 0.262 e. The Labute approximate surface area is 179 Å². The third kappa shape index (κ3) is 5.05. The molecule has 0 saturated heterocycles. The number of hydrogen-bond donors (Lipinski definition) is 2. The molecule has 0 aliphatic carbocycles. The average Bonchev–Trinajstić information content (AvgIpc) is 2.62. The fourth-order valence-corrected chi connectivity index (χ4v) is 4.73. The van der Waals surface area contributed by atoms with Gasteiger partial charge in [0.15, 0.2) is 0 Å². The summed E-state index contributed by atoms with van der Waals surface area (Å²) in [5.74, 6) is -0.389. The van der Waals surface area contributed by atoms with E-state index in [9.17, 15) is 13.2 Å². The van der Waals surface area contributed by atoms with Crippen LogP contribution in [0.3, 0.4) is 0 Å². The van der Waals surface area contributed by atoms with Gasteiger partial charge in [-0.25, -0.2) is 8.42 Å². The van der Waals surface area contributed by atoms with Gasteiger partial charge in [0.1, 0.15) is 0 Å². The van der Waals surface area contributed by atoms with Gasteiger partial charge in [-0.15, -0.1) is 0 Å². The van der Waals surface area contributed by atoms with E-state index < -0.39 is 10.0 Å². The van der Waals surface area contributed by atoms with Gasteiger partial charge in [0.2, 0.25) is 0 Å². The maximum Gasteiger partial charge on any atom is 0.262 e. The van der Waals surface area contributed by atoms with Crippen molar-refractivity contribution in [2.24, 2.45) is 0 Å². The summed E-state index contributed by atoms with van der Waals surface area (Å²) in [6, 6.07) is 17.4. The Bertz CT molecular complexity index is 1170.